The number of nitrogens with one attached hydrogen (secondary N) is 2. The molecule has 0 atom stereocenters. The lowest BCUT2D eigenvalue weighted by Gasteiger charge is -2.28. The Morgan fingerprint density at radius 1 is 1.22 bits per heavy atom. The van der Waals surface area contributed by atoms with E-state index < -0.39 is 17.2 Å². The van der Waals surface area contributed by atoms with Crippen LogP contribution in [0.2, 0.25) is 0 Å². The number of amides is 2. The van der Waals surface area contributed by atoms with E-state index in [1.807, 2.05) is 27.7 Å². The fraction of sp³-hybridized carbons (Fsp3) is 0.478. The molecule has 9 heteroatoms. The molecule has 0 saturated heterocycles. The van der Waals surface area contributed by atoms with Crippen molar-refractivity contribution in [1.29, 1.82) is 0 Å². The van der Waals surface area contributed by atoms with E-state index in [2.05, 4.69) is 20.7 Å². The van der Waals surface area contributed by atoms with E-state index in [0.717, 1.165) is 0 Å². The van der Waals surface area contributed by atoms with Crippen molar-refractivity contribution in [2.75, 3.05) is 6.54 Å². The highest BCUT2D eigenvalue weighted by Crippen LogP contribution is 2.27. The third-order valence-electron chi connectivity index (χ3n) is 4.60. The molecule has 0 spiro atoms. The summed E-state index contributed by atoms with van der Waals surface area (Å²) in [5, 5.41) is 10.8. The summed E-state index contributed by atoms with van der Waals surface area (Å²) in [6.07, 6.45) is 2.67. The van der Waals surface area contributed by atoms with Crippen LogP contribution in [0.25, 0.3) is 22.5 Å². The van der Waals surface area contributed by atoms with E-state index >= 15 is 0 Å². The SMILES string of the molecule is CC(C)n1ncc2c(C(=O)NC(C)(C)CNC(=O)OC(C)(C)C)cc(-c3ccco3)nc21. The Kier molecular flexibility index (Phi) is 6.29. The molecule has 9 nitrogen and oxygen atoms in total. The molecule has 3 rings (SSSR count). The van der Waals surface area contributed by atoms with E-state index in [1.165, 1.54) is 0 Å². The van der Waals surface area contributed by atoms with E-state index in [9.17, 15) is 9.59 Å². The van der Waals surface area contributed by atoms with Crippen molar-refractivity contribution < 1.29 is 18.7 Å². The number of pyridine rings is 1. The molecule has 3 aromatic rings. The Morgan fingerprint density at radius 3 is 2.53 bits per heavy atom. The Labute approximate surface area is 187 Å². The van der Waals surface area contributed by atoms with Gasteiger partial charge in [-0.15, -0.1) is 0 Å². The van der Waals surface area contributed by atoms with Gasteiger partial charge in [-0.1, -0.05) is 0 Å². The van der Waals surface area contributed by atoms with Gasteiger partial charge >= 0.3 is 6.09 Å². The first-order valence-electron chi connectivity index (χ1n) is 10.6. The first kappa shape index (κ1) is 23.3. The molecule has 3 heterocycles. The van der Waals surface area contributed by atoms with Crippen LogP contribution in [0, 0.1) is 0 Å². The topological polar surface area (TPSA) is 111 Å². The summed E-state index contributed by atoms with van der Waals surface area (Å²) in [5.74, 6) is 0.257. The smallest absolute Gasteiger partial charge is 0.407 e. The number of carbonyl (C=O) groups excluding carboxylic acids is 2. The van der Waals surface area contributed by atoms with Gasteiger partial charge in [-0.05, 0) is 66.7 Å². The van der Waals surface area contributed by atoms with Crippen LogP contribution in [0.1, 0.15) is 64.9 Å². The largest absolute Gasteiger partial charge is 0.463 e. The molecule has 0 aromatic carbocycles. The van der Waals surface area contributed by atoms with Crippen LogP contribution < -0.4 is 10.6 Å². The number of ether oxygens (including phenoxy) is 1. The van der Waals surface area contributed by atoms with Crippen molar-refractivity contribution in [3.05, 3.63) is 36.2 Å². The maximum absolute atomic E-state index is 13.3. The Balaban J connectivity index is 1.87. The van der Waals surface area contributed by atoms with Crippen LogP contribution >= 0.6 is 0 Å². The second-order valence-electron chi connectivity index (χ2n) is 9.65. The highest BCUT2D eigenvalue weighted by molar-refractivity contribution is 6.06. The number of furan rings is 1. The van der Waals surface area contributed by atoms with E-state index in [-0.39, 0.29) is 18.5 Å². The molecule has 0 aliphatic heterocycles. The number of carbonyl (C=O) groups is 2. The third-order valence-corrected chi connectivity index (χ3v) is 4.60. The van der Waals surface area contributed by atoms with Gasteiger partial charge in [0.1, 0.15) is 11.3 Å². The lowest BCUT2D eigenvalue weighted by Crippen LogP contribution is -2.52. The number of aromatic nitrogens is 3. The number of hydrogen-bond donors (Lipinski definition) is 2. The minimum Gasteiger partial charge on any atom is -0.463 e. The highest BCUT2D eigenvalue weighted by Gasteiger charge is 2.26. The standard InChI is InChI=1S/C23H31N5O4/c1-14(2)28-19-16(12-25-28)15(11-17(26-19)18-9-8-10-31-18)20(29)27-23(6,7)13-24-21(30)32-22(3,4)5/h8-12,14H,13H2,1-7H3,(H,24,30)(H,27,29). The fourth-order valence-corrected chi connectivity index (χ4v) is 3.16. The van der Waals surface area contributed by atoms with E-state index in [1.54, 1.807) is 56.1 Å². The summed E-state index contributed by atoms with van der Waals surface area (Å²) in [4.78, 5) is 30.0. The predicted octanol–water partition coefficient (Wildman–Crippen LogP) is 4.31. The molecule has 172 valence electrons. The predicted molar refractivity (Wildman–Crippen MR) is 121 cm³/mol. The minimum atomic E-state index is -0.734. The Bertz CT molecular complexity index is 1110. The van der Waals surface area contributed by atoms with Gasteiger partial charge < -0.3 is 19.8 Å². The van der Waals surface area contributed by atoms with Gasteiger partial charge in [0.25, 0.3) is 5.91 Å². The van der Waals surface area contributed by atoms with Gasteiger partial charge in [-0.3, -0.25) is 4.79 Å². The number of nitrogens with zero attached hydrogens (tertiary/aromatic N) is 3. The quantitative estimate of drug-likeness (QED) is 0.590. The van der Waals surface area contributed by atoms with Crippen molar-refractivity contribution >= 4 is 23.0 Å². The maximum Gasteiger partial charge on any atom is 0.407 e. The maximum atomic E-state index is 13.3. The van der Waals surface area contributed by atoms with Gasteiger partial charge in [0.15, 0.2) is 11.4 Å². The summed E-state index contributed by atoms with van der Waals surface area (Å²) in [6.45, 7) is 13.2. The molecule has 2 amide bonds. The zero-order chi connectivity index (χ0) is 23.7. The van der Waals surface area contributed by atoms with Crippen LogP contribution in [0.5, 0.6) is 0 Å². The molecule has 3 aromatic heterocycles. The minimum absolute atomic E-state index is 0.0669. The highest BCUT2D eigenvalue weighted by atomic mass is 16.6. The first-order valence-corrected chi connectivity index (χ1v) is 10.6. The summed E-state index contributed by atoms with van der Waals surface area (Å²) >= 11 is 0. The number of fused-ring (bicyclic) bond motifs is 1. The third kappa shape index (κ3) is 5.46. The molecular formula is C23H31N5O4. The van der Waals surface area contributed by atoms with Crippen molar-refractivity contribution in [2.24, 2.45) is 0 Å². The molecule has 0 saturated carbocycles. The van der Waals surface area contributed by atoms with Gasteiger partial charge in [0, 0.05) is 12.6 Å². The first-order chi connectivity index (χ1) is 14.9. The van der Waals surface area contributed by atoms with Crippen molar-refractivity contribution in [1.82, 2.24) is 25.4 Å². The zero-order valence-electron chi connectivity index (χ0n) is 19.6. The Hall–Kier alpha value is -3.36. The molecule has 2 N–H and O–H groups in total. The van der Waals surface area contributed by atoms with Gasteiger partial charge in [-0.2, -0.15) is 5.10 Å². The summed E-state index contributed by atoms with van der Waals surface area (Å²) in [6, 6.07) is 5.32. The second kappa shape index (κ2) is 8.64. The molecule has 0 unspecified atom stereocenters. The number of hydrogen-bond acceptors (Lipinski definition) is 6. The zero-order valence-corrected chi connectivity index (χ0v) is 19.6. The summed E-state index contributed by atoms with van der Waals surface area (Å²) in [7, 11) is 0. The molecule has 0 fully saturated rings. The molecule has 32 heavy (non-hydrogen) atoms. The summed E-state index contributed by atoms with van der Waals surface area (Å²) < 4.78 is 12.5. The summed E-state index contributed by atoms with van der Waals surface area (Å²) in [5.41, 5.74) is 0.239. The van der Waals surface area contributed by atoms with Crippen LogP contribution in [0.4, 0.5) is 4.79 Å². The number of rotatable bonds is 6. The molecule has 0 aliphatic rings. The van der Waals surface area contributed by atoms with Gasteiger partial charge in [-0.25, -0.2) is 14.5 Å². The van der Waals surface area contributed by atoms with Crippen LogP contribution in [0.15, 0.2) is 35.1 Å². The van der Waals surface area contributed by atoms with Crippen LogP contribution in [0.3, 0.4) is 0 Å². The van der Waals surface area contributed by atoms with Gasteiger partial charge in [0.2, 0.25) is 0 Å². The van der Waals surface area contributed by atoms with Gasteiger partial charge in [0.05, 0.1) is 28.9 Å². The second-order valence-corrected chi connectivity index (χ2v) is 9.65. The number of alkyl carbamates (subject to hydrolysis) is 1. The molecular weight excluding hydrogens is 410 g/mol. The monoisotopic (exact) mass is 441 g/mol. The lowest BCUT2D eigenvalue weighted by molar-refractivity contribution is 0.0509. The average Bonchev–Trinajstić information content (AvgIpc) is 3.33. The van der Waals surface area contributed by atoms with Crippen molar-refractivity contribution in [3.63, 3.8) is 0 Å². The molecule has 0 radical (unpaired) electrons. The van der Waals surface area contributed by atoms with Crippen molar-refractivity contribution in [2.45, 2.75) is 65.6 Å². The molecule has 0 aliphatic carbocycles. The van der Waals surface area contributed by atoms with Crippen LogP contribution in [-0.4, -0.2) is 44.4 Å². The lowest BCUT2D eigenvalue weighted by atomic mass is 10.0. The molecule has 0 bridgehead atoms. The van der Waals surface area contributed by atoms with Crippen LogP contribution in [-0.2, 0) is 4.74 Å². The van der Waals surface area contributed by atoms with E-state index in [4.69, 9.17) is 9.15 Å². The Morgan fingerprint density at radius 2 is 1.94 bits per heavy atom. The average molecular weight is 442 g/mol. The van der Waals surface area contributed by atoms with E-state index in [0.29, 0.717) is 28.1 Å². The van der Waals surface area contributed by atoms with Crippen molar-refractivity contribution in [3.8, 4) is 11.5 Å². The normalized spacial score (nSPS) is 12.2. The fourth-order valence-electron chi connectivity index (χ4n) is 3.16.